The number of nitrogens with two attached hydrogens (primary N) is 1. The summed E-state index contributed by atoms with van der Waals surface area (Å²) in [6.45, 7) is 2.29. The second kappa shape index (κ2) is 5.96. The van der Waals surface area contributed by atoms with E-state index in [4.69, 9.17) is 5.73 Å². The van der Waals surface area contributed by atoms with Gasteiger partial charge in [-0.05, 0) is 18.6 Å². The molecular weight excluding hydrogens is 350 g/mol. The molecule has 0 spiro atoms. The Labute approximate surface area is 154 Å². The number of aliphatic hydroxyl groups is 1. The second-order valence-electron chi connectivity index (χ2n) is 6.45. The summed E-state index contributed by atoms with van der Waals surface area (Å²) in [5.74, 6) is -1.12. The van der Waals surface area contributed by atoms with Crippen LogP contribution in [0, 0.1) is 6.92 Å². The fourth-order valence-corrected chi connectivity index (χ4v) is 4.43. The highest BCUT2D eigenvalue weighted by atomic mass is 32.2. The number of carbonyl (C=O) groups is 2. The zero-order chi connectivity index (χ0) is 18.5. The summed E-state index contributed by atoms with van der Waals surface area (Å²) in [7, 11) is 0. The molecule has 0 aliphatic carbocycles. The van der Waals surface area contributed by atoms with Gasteiger partial charge in [0.1, 0.15) is 5.25 Å². The third-order valence-electron chi connectivity index (χ3n) is 4.66. The van der Waals surface area contributed by atoms with E-state index in [9.17, 15) is 14.7 Å². The van der Waals surface area contributed by atoms with E-state index in [-0.39, 0.29) is 5.17 Å². The quantitative estimate of drug-likeness (QED) is 0.861. The fourth-order valence-electron chi connectivity index (χ4n) is 3.49. The van der Waals surface area contributed by atoms with Crippen molar-refractivity contribution in [2.45, 2.75) is 24.3 Å². The van der Waals surface area contributed by atoms with Crippen molar-refractivity contribution in [3.63, 3.8) is 0 Å². The van der Waals surface area contributed by atoms with Crippen molar-refractivity contribution >= 4 is 34.4 Å². The van der Waals surface area contributed by atoms with Gasteiger partial charge in [-0.3, -0.25) is 9.59 Å². The molecule has 0 saturated carbocycles. The first-order chi connectivity index (χ1) is 12.4. The molecule has 0 radical (unpaired) electrons. The van der Waals surface area contributed by atoms with E-state index in [0.717, 1.165) is 22.9 Å². The number of hydrogen-bond acceptors (Lipinski definition) is 5. The normalized spacial score (nSPS) is 24.8. The van der Waals surface area contributed by atoms with Gasteiger partial charge in [0.05, 0.1) is 12.2 Å². The number of para-hydroxylation sites is 1. The molecule has 2 amide bonds. The SMILES string of the molecule is Cc1cccc(CN2C(=O)C(O)(C3SC(N)=NC3=O)c3ccccc32)c1. The third-order valence-corrected chi connectivity index (χ3v) is 5.77. The Balaban J connectivity index is 1.77. The first-order valence-electron chi connectivity index (χ1n) is 8.15. The number of hydrogen-bond donors (Lipinski definition) is 2. The van der Waals surface area contributed by atoms with E-state index in [1.54, 1.807) is 24.3 Å². The van der Waals surface area contributed by atoms with E-state index in [1.807, 2.05) is 31.2 Å². The van der Waals surface area contributed by atoms with E-state index >= 15 is 0 Å². The van der Waals surface area contributed by atoms with Crippen LogP contribution in [0.25, 0.3) is 0 Å². The average molecular weight is 367 g/mol. The molecule has 2 aromatic carbocycles. The van der Waals surface area contributed by atoms with Gasteiger partial charge in [0.25, 0.3) is 11.8 Å². The highest BCUT2D eigenvalue weighted by molar-refractivity contribution is 8.15. The Bertz CT molecular complexity index is 959. The molecule has 2 aliphatic heterocycles. The molecule has 3 N–H and O–H groups in total. The number of amidine groups is 1. The molecule has 2 unspecified atom stereocenters. The largest absolute Gasteiger partial charge is 0.378 e. The van der Waals surface area contributed by atoms with Crippen LogP contribution in [0.2, 0.25) is 0 Å². The number of aliphatic imine (C=N–C) groups is 1. The first-order valence-corrected chi connectivity index (χ1v) is 9.03. The lowest BCUT2D eigenvalue weighted by Crippen LogP contribution is -2.49. The third kappa shape index (κ3) is 2.43. The average Bonchev–Trinajstić information content (AvgIpc) is 3.06. The second-order valence-corrected chi connectivity index (χ2v) is 7.58. The maximum atomic E-state index is 13.2. The zero-order valence-corrected chi connectivity index (χ0v) is 14.9. The number of anilines is 1. The van der Waals surface area contributed by atoms with Crippen LogP contribution >= 0.6 is 11.8 Å². The van der Waals surface area contributed by atoms with Crippen LogP contribution in [-0.2, 0) is 21.7 Å². The van der Waals surface area contributed by atoms with Gasteiger partial charge in [-0.1, -0.05) is 59.8 Å². The topological polar surface area (TPSA) is 96.0 Å². The van der Waals surface area contributed by atoms with Gasteiger partial charge in [0.15, 0.2) is 10.8 Å². The molecule has 0 saturated heterocycles. The van der Waals surface area contributed by atoms with Gasteiger partial charge < -0.3 is 15.7 Å². The molecule has 2 aromatic rings. The molecule has 4 rings (SSSR count). The van der Waals surface area contributed by atoms with E-state index in [0.29, 0.717) is 17.8 Å². The summed E-state index contributed by atoms with van der Waals surface area (Å²) < 4.78 is 0. The fraction of sp³-hybridized carbons (Fsp3) is 0.211. The number of amides is 2. The van der Waals surface area contributed by atoms with E-state index in [1.165, 1.54) is 4.90 Å². The number of fused-ring (bicyclic) bond motifs is 1. The molecule has 0 fully saturated rings. The number of rotatable bonds is 3. The number of carbonyl (C=O) groups excluding carboxylic acids is 2. The minimum Gasteiger partial charge on any atom is -0.378 e. The van der Waals surface area contributed by atoms with Crippen molar-refractivity contribution in [3.8, 4) is 0 Å². The van der Waals surface area contributed by atoms with Crippen molar-refractivity contribution in [2.75, 3.05) is 4.90 Å². The minimum absolute atomic E-state index is 0.0656. The molecule has 7 heteroatoms. The first kappa shape index (κ1) is 16.8. The predicted octanol–water partition coefficient (Wildman–Crippen LogP) is 1.69. The summed E-state index contributed by atoms with van der Waals surface area (Å²) in [5, 5.41) is 10.3. The van der Waals surface area contributed by atoms with Gasteiger partial charge in [0, 0.05) is 5.56 Å². The summed E-state index contributed by atoms with van der Waals surface area (Å²) >= 11 is 0.929. The molecular formula is C19H17N3O3S. The van der Waals surface area contributed by atoms with Crippen molar-refractivity contribution in [3.05, 3.63) is 65.2 Å². The standard InChI is InChI=1S/C19H17N3O3S/c1-11-5-4-6-12(9-11)10-22-14-8-3-2-7-13(14)19(25,17(22)24)15-16(23)21-18(20)26-15/h2-9,15,25H,10H2,1H3,(H2,20,21,23). The van der Waals surface area contributed by atoms with Crippen LogP contribution < -0.4 is 10.6 Å². The van der Waals surface area contributed by atoms with Gasteiger partial charge >= 0.3 is 0 Å². The van der Waals surface area contributed by atoms with Crippen molar-refractivity contribution in [1.82, 2.24) is 0 Å². The van der Waals surface area contributed by atoms with E-state index < -0.39 is 22.7 Å². The lowest BCUT2D eigenvalue weighted by atomic mass is 9.91. The maximum absolute atomic E-state index is 13.2. The van der Waals surface area contributed by atoms with Gasteiger partial charge in [-0.2, -0.15) is 4.99 Å². The van der Waals surface area contributed by atoms with Crippen LogP contribution in [0.1, 0.15) is 16.7 Å². The Morgan fingerprint density at radius 2 is 2.00 bits per heavy atom. The van der Waals surface area contributed by atoms with Crippen molar-refractivity contribution < 1.29 is 14.7 Å². The molecule has 6 nitrogen and oxygen atoms in total. The zero-order valence-electron chi connectivity index (χ0n) is 14.0. The predicted molar refractivity (Wildman–Crippen MR) is 101 cm³/mol. The number of aryl methyl sites for hydroxylation is 1. The molecule has 2 aliphatic rings. The summed E-state index contributed by atoms with van der Waals surface area (Å²) in [6, 6.07) is 14.8. The summed E-state index contributed by atoms with van der Waals surface area (Å²) in [5.41, 5.74) is 6.69. The summed E-state index contributed by atoms with van der Waals surface area (Å²) in [6.07, 6.45) is 0. The van der Waals surface area contributed by atoms with Gasteiger partial charge in [-0.15, -0.1) is 0 Å². The highest BCUT2D eigenvalue weighted by Gasteiger charge is 2.59. The Hall–Kier alpha value is -2.64. The molecule has 132 valence electrons. The van der Waals surface area contributed by atoms with Gasteiger partial charge in [0.2, 0.25) is 0 Å². The van der Waals surface area contributed by atoms with E-state index in [2.05, 4.69) is 4.99 Å². The molecule has 2 heterocycles. The van der Waals surface area contributed by atoms with Gasteiger partial charge in [-0.25, -0.2) is 0 Å². The number of nitrogens with zero attached hydrogens (tertiary/aromatic N) is 2. The highest BCUT2D eigenvalue weighted by Crippen LogP contribution is 2.47. The lowest BCUT2D eigenvalue weighted by Gasteiger charge is -2.26. The molecule has 26 heavy (non-hydrogen) atoms. The molecule has 0 bridgehead atoms. The van der Waals surface area contributed by atoms with Crippen molar-refractivity contribution in [1.29, 1.82) is 0 Å². The number of benzene rings is 2. The smallest absolute Gasteiger partial charge is 0.265 e. The number of thioether (sulfide) groups is 1. The lowest BCUT2D eigenvalue weighted by molar-refractivity contribution is -0.140. The Morgan fingerprint density at radius 1 is 1.23 bits per heavy atom. The van der Waals surface area contributed by atoms with Crippen LogP contribution in [-0.4, -0.2) is 27.3 Å². The van der Waals surface area contributed by atoms with Crippen molar-refractivity contribution in [2.24, 2.45) is 10.7 Å². The Morgan fingerprint density at radius 3 is 2.69 bits per heavy atom. The van der Waals surface area contributed by atoms with Crippen LogP contribution in [0.5, 0.6) is 0 Å². The minimum atomic E-state index is -1.98. The van der Waals surface area contributed by atoms with Crippen LogP contribution in [0.15, 0.2) is 53.5 Å². The van der Waals surface area contributed by atoms with Crippen LogP contribution in [0.3, 0.4) is 0 Å². The molecule has 2 atom stereocenters. The monoisotopic (exact) mass is 367 g/mol. The summed E-state index contributed by atoms with van der Waals surface area (Å²) in [4.78, 5) is 30.7. The Kier molecular flexibility index (Phi) is 3.86. The maximum Gasteiger partial charge on any atom is 0.265 e. The van der Waals surface area contributed by atoms with Crippen LogP contribution in [0.4, 0.5) is 5.69 Å². The molecule has 0 aromatic heterocycles.